The summed E-state index contributed by atoms with van der Waals surface area (Å²) in [6, 6.07) is 8.04. The quantitative estimate of drug-likeness (QED) is 0.851. The molecule has 0 saturated heterocycles. The Balaban J connectivity index is 3.19. The number of anilines is 1. The van der Waals surface area contributed by atoms with Crippen molar-refractivity contribution >= 4 is 21.7 Å². The first-order chi connectivity index (χ1) is 8.36. The molecule has 1 rings (SSSR count). The van der Waals surface area contributed by atoms with E-state index < -0.39 is 16.0 Å². The van der Waals surface area contributed by atoms with Crippen molar-refractivity contribution in [2.24, 2.45) is 0 Å². The zero-order valence-corrected chi connectivity index (χ0v) is 10.5. The minimum Gasteiger partial charge on any atom is -0.481 e. The Morgan fingerprint density at radius 1 is 1.44 bits per heavy atom. The number of sulfonamides is 1. The molecule has 0 atom stereocenters. The van der Waals surface area contributed by atoms with E-state index in [-0.39, 0.29) is 24.2 Å². The molecule has 0 fully saturated rings. The lowest BCUT2D eigenvalue weighted by molar-refractivity contribution is -0.136. The summed E-state index contributed by atoms with van der Waals surface area (Å²) >= 11 is 0. The van der Waals surface area contributed by atoms with Crippen molar-refractivity contribution in [2.45, 2.75) is 6.42 Å². The van der Waals surface area contributed by atoms with Gasteiger partial charge < -0.3 is 5.11 Å². The lowest BCUT2D eigenvalue weighted by Crippen LogP contribution is -2.32. The Morgan fingerprint density at radius 3 is 2.56 bits per heavy atom. The third-order valence-corrected chi connectivity index (χ3v) is 3.40. The van der Waals surface area contributed by atoms with Gasteiger partial charge in [-0.1, -0.05) is 12.1 Å². The summed E-state index contributed by atoms with van der Waals surface area (Å²) in [5.41, 5.74) is 0.386. The lowest BCUT2D eigenvalue weighted by Gasteiger charge is -2.22. The molecule has 0 spiro atoms. The number of rotatable bonds is 5. The molecule has 0 aliphatic carbocycles. The van der Waals surface area contributed by atoms with E-state index in [0.717, 1.165) is 10.6 Å². The van der Waals surface area contributed by atoms with Gasteiger partial charge in [0.25, 0.3) is 0 Å². The van der Waals surface area contributed by atoms with Crippen molar-refractivity contribution in [3.63, 3.8) is 0 Å². The maximum Gasteiger partial charge on any atom is 0.305 e. The molecule has 6 nitrogen and oxygen atoms in total. The van der Waals surface area contributed by atoms with E-state index in [1.54, 1.807) is 12.1 Å². The van der Waals surface area contributed by atoms with Gasteiger partial charge in [-0.05, 0) is 12.1 Å². The summed E-state index contributed by atoms with van der Waals surface area (Å²) in [5, 5.41) is 17.5. The topological polar surface area (TPSA) is 98.5 Å². The van der Waals surface area contributed by atoms with Gasteiger partial charge in [-0.25, -0.2) is 8.42 Å². The van der Waals surface area contributed by atoms with Gasteiger partial charge in [0.1, 0.15) is 6.07 Å². The second-order valence-corrected chi connectivity index (χ2v) is 5.51. The number of aliphatic carboxylic acids is 1. The number of hydrogen-bond acceptors (Lipinski definition) is 4. The minimum atomic E-state index is -3.63. The van der Waals surface area contributed by atoms with Gasteiger partial charge in [0.05, 0.1) is 23.9 Å². The van der Waals surface area contributed by atoms with Crippen LogP contribution in [0.4, 0.5) is 5.69 Å². The normalized spacial score (nSPS) is 10.7. The molecule has 0 saturated carbocycles. The monoisotopic (exact) mass is 268 g/mol. The lowest BCUT2D eigenvalue weighted by atomic mass is 10.2. The number of para-hydroxylation sites is 1. The van der Waals surface area contributed by atoms with Crippen LogP contribution in [0.3, 0.4) is 0 Å². The summed E-state index contributed by atoms with van der Waals surface area (Å²) in [7, 11) is -3.63. The molecule has 7 heteroatoms. The van der Waals surface area contributed by atoms with Gasteiger partial charge >= 0.3 is 5.97 Å². The zero-order valence-electron chi connectivity index (χ0n) is 9.70. The van der Waals surface area contributed by atoms with Crippen LogP contribution in [0.1, 0.15) is 12.0 Å². The van der Waals surface area contributed by atoms with Gasteiger partial charge in [0, 0.05) is 6.54 Å². The Morgan fingerprint density at radius 2 is 2.06 bits per heavy atom. The molecule has 0 unspecified atom stereocenters. The maximum absolute atomic E-state index is 11.6. The molecule has 96 valence electrons. The average molecular weight is 268 g/mol. The molecule has 1 N–H and O–H groups in total. The van der Waals surface area contributed by atoms with Crippen molar-refractivity contribution < 1.29 is 18.3 Å². The van der Waals surface area contributed by atoms with Crippen LogP contribution in [0, 0.1) is 11.3 Å². The van der Waals surface area contributed by atoms with Crippen molar-refractivity contribution in [3.05, 3.63) is 29.8 Å². The van der Waals surface area contributed by atoms with Gasteiger partial charge in [0.2, 0.25) is 10.0 Å². The number of nitrogens with zero attached hydrogens (tertiary/aromatic N) is 2. The van der Waals surface area contributed by atoms with E-state index in [4.69, 9.17) is 10.4 Å². The fourth-order valence-electron chi connectivity index (χ4n) is 1.45. The van der Waals surface area contributed by atoms with Crippen molar-refractivity contribution in [1.82, 2.24) is 0 Å². The molecule has 0 aliphatic rings. The van der Waals surface area contributed by atoms with Gasteiger partial charge in [-0.2, -0.15) is 5.26 Å². The highest BCUT2D eigenvalue weighted by molar-refractivity contribution is 7.92. The fourth-order valence-corrected chi connectivity index (χ4v) is 2.39. The molecule has 0 aromatic heterocycles. The number of nitriles is 1. The third-order valence-electron chi connectivity index (χ3n) is 2.22. The van der Waals surface area contributed by atoms with Crippen molar-refractivity contribution in [3.8, 4) is 6.07 Å². The molecule has 18 heavy (non-hydrogen) atoms. The largest absolute Gasteiger partial charge is 0.481 e. The highest BCUT2D eigenvalue weighted by Gasteiger charge is 2.20. The van der Waals surface area contributed by atoms with E-state index in [0.29, 0.717) is 0 Å². The molecule has 0 amide bonds. The van der Waals surface area contributed by atoms with E-state index in [1.165, 1.54) is 12.1 Å². The zero-order chi connectivity index (χ0) is 13.8. The smallest absolute Gasteiger partial charge is 0.305 e. The summed E-state index contributed by atoms with van der Waals surface area (Å²) < 4.78 is 24.2. The van der Waals surface area contributed by atoms with Crippen LogP contribution in [0.25, 0.3) is 0 Å². The second kappa shape index (κ2) is 5.51. The molecule has 1 aromatic carbocycles. The van der Waals surface area contributed by atoms with E-state index in [2.05, 4.69) is 0 Å². The van der Waals surface area contributed by atoms with Gasteiger partial charge in [0.15, 0.2) is 0 Å². The minimum absolute atomic E-state index is 0.188. The number of carboxylic acid groups (broad SMARTS) is 1. The van der Waals surface area contributed by atoms with Crippen LogP contribution in [-0.4, -0.2) is 32.3 Å². The predicted molar refractivity (Wildman–Crippen MR) is 65.6 cm³/mol. The highest BCUT2D eigenvalue weighted by Crippen LogP contribution is 2.22. The van der Waals surface area contributed by atoms with Crippen LogP contribution in [0.2, 0.25) is 0 Å². The van der Waals surface area contributed by atoms with E-state index >= 15 is 0 Å². The average Bonchev–Trinajstić information content (AvgIpc) is 2.27. The SMILES string of the molecule is CS(=O)(=O)N(CCC(=O)O)c1ccccc1C#N. The second-order valence-electron chi connectivity index (χ2n) is 3.61. The maximum atomic E-state index is 11.6. The fraction of sp³-hybridized carbons (Fsp3) is 0.273. The molecular formula is C11H12N2O4S. The molecule has 0 aliphatic heterocycles. The Hall–Kier alpha value is -2.07. The number of hydrogen-bond donors (Lipinski definition) is 1. The first-order valence-corrected chi connectivity index (χ1v) is 6.89. The molecule has 0 bridgehead atoms. The first kappa shape index (κ1) is 14.0. The van der Waals surface area contributed by atoms with Crippen molar-refractivity contribution in [2.75, 3.05) is 17.1 Å². The van der Waals surface area contributed by atoms with E-state index in [1.807, 2.05) is 6.07 Å². The van der Waals surface area contributed by atoms with Gasteiger partial charge in [-0.15, -0.1) is 0 Å². The number of carboxylic acids is 1. The summed E-state index contributed by atoms with van der Waals surface area (Å²) in [5.74, 6) is -1.10. The molecule has 0 radical (unpaired) electrons. The van der Waals surface area contributed by atoms with Crippen LogP contribution in [0.5, 0.6) is 0 Å². The van der Waals surface area contributed by atoms with E-state index in [9.17, 15) is 13.2 Å². The van der Waals surface area contributed by atoms with Crippen LogP contribution in [-0.2, 0) is 14.8 Å². The Kier molecular flexibility index (Phi) is 4.28. The predicted octanol–water partition coefficient (Wildman–Crippen LogP) is 0.799. The van der Waals surface area contributed by atoms with Crippen LogP contribution < -0.4 is 4.31 Å². The van der Waals surface area contributed by atoms with Crippen LogP contribution >= 0.6 is 0 Å². The first-order valence-electron chi connectivity index (χ1n) is 5.05. The molecule has 0 heterocycles. The summed E-state index contributed by atoms with van der Waals surface area (Å²) in [6.45, 7) is -0.202. The van der Waals surface area contributed by atoms with Gasteiger partial charge in [-0.3, -0.25) is 9.10 Å². The Labute approximate surface area is 105 Å². The Bertz CT molecular complexity index is 589. The number of benzene rings is 1. The summed E-state index contributed by atoms with van der Waals surface area (Å²) in [6.07, 6.45) is 0.649. The molecule has 1 aromatic rings. The van der Waals surface area contributed by atoms with Crippen molar-refractivity contribution in [1.29, 1.82) is 5.26 Å². The highest BCUT2D eigenvalue weighted by atomic mass is 32.2. The third kappa shape index (κ3) is 3.46. The summed E-state index contributed by atoms with van der Waals surface area (Å²) in [4.78, 5) is 10.5. The standard InChI is InChI=1S/C11H12N2O4S/c1-18(16,17)13(7-6-11(14)15)10-5-3-2-4-9(10)8-12/h2-5H,6-7H2,1H3,(H,14,15). The number of carbonyl (C=O) groups is 1. The molecular weight excluding hydrogens is 256 g/mol. The van der Waals surface area contributed by atoms with Crippen LogP contribution in [0.15, 0.2) is 24.3 Å².